The molecule has 2 saturated heterocycles. The van der Waals surface area contributed by atoms with Crippen LogP contribution in [0, 0.1) is 13.8 Å². The third-order valence-electron chi connectivity index (χ3n) is 9.00. The summed E-state index contributed by atoms with van der Waals surface area (Å²) in [7, 11) is 1.60. The fraction of sp³-hybridized carbons (Fsp3) is 0.594. The summed E-state index contributed by atoms with van der Waals surface area (Å²) < 4.78 is 11.6. The number of halogens is 1. The predicted octanol–water partition coefficient (Wildman–Crippen LogP) is 6.40. The molecule has 2 heterocycles. The lowest BCUT2D eigenvalue weighted by molar-refractivity contribution is -0.127. The molecule has 1 N–H and O–H groups in total. The smallest absolute Gasteiger partial charge is 0.222 e. The van der Waals surface area contributed by atoms with Gasteiger partial charge in [0, 0.05) is 38.1 Å². The Hall–Kier alpha value is -2.28. The van der Waals surface area contributed by atoms with Crippen LogP contribution in [0.4, 0.5) is 0 Å². The molecule has 3 atom stereocenters. The molecular weight excluding hydrogens is 512 g/mol. The molecule has 214 valence electrons. The molecule has 3 unspecified atom stereocenters. The highest BCUT2D eigenvalue weighted by Gasteiger charge is 2.38. The van der Waals surface area contributed by atoms with E-state index < -0.39 is 5.60 Å². The van der Waals surface area contributed by atoms with Crippen LogP contribution < -0.4 is 9.47 Å². The zero-order chi connectivity index (χ0) is 28.2. The van der Waals surface area contributed by atoms with E-state index in [2.05, 4.69) is 37.8 Å². The average molecular weight is 557 g/mol. The first-order chi connectivity index (χ1) is 18.7. The number of likely N-dealkylation sites (tertiary alicyclic amines) is 2. The molecule has 2 aromatic carbocycles. The van der Waals surface area contributed by atoms with Gasteiger partial charge in [0.15, 0.2) is 0 Å². The van der Waals surface area contributed by atoms with E-state index in [9.17, 15) is 9.90 Å². The standard InChI is InChI=1S/C32H45ClN2O4/c1-6-32(37,26-12-14-28(33)30(19-26)38-5)20-27-13-10-22(2)35(27)21-25-11-15-29(24(4)23(25)3)39-18-8-17-34-16-7-9-31(34)36/h11-12,14-15,19,22,27,37H,6-10,13,16-18,20-21H2,1-5H3. The lowest BCUT2D eigenvalue weighted by Gasteiger charge is -2.36. The third kappa shape index (κ3) is 6.72. The van der Waals surface area contributed by atoms with E-state index in [1.165, 1.54) is 16.7 Å². The van der Waals surface area contributed by atoms with Crippen molar-refractivity contribution in [2.24, 2.45) is 0 Å². The first kappa shape index (κ1) is 29.7. The molecule has 0 aromatic heterocycles. The summed E-state index contributed by atoms with van der Waals surface area (Å²) in [5, 5.41) is 12.3. The lowest BCUT2D eigenvalue weighted by Crippen LogP contribution is -2.40. The predicted molar refractivity (Wildman–Crippen MR) is 157 cm³/mol. The minimum atomic E-state index is -0.951. The lowest BCUT2D eigenvalue weighted by atomic mass is 9.84. The molecule has 0 radical (unpaired) electrons. The largest absolute Gasteiger partial charge is 0.495 e. The Balaban J connectivity index is 1.42. The summed E-state index contributed by atoms with van der Waals surface area (Å²) in [4.78, 5) is 16.3. The SMILES string of the molecule is CCC(O)(CC1CCC(C)N1Cc1ccc(OCCCN2CCCC2=O)c(C)c1C)c1ccc(Cl)c(OC)c1. The summed E-state index contributed by atoms with van der Waals surface area (Å²) >= 11 is 6.26. The maximum Gasteiger partial charge on any atom is 0.222 e. The number of carbonyl (C=O) groups excluding carboxylic acids is 1. The normalized spacial score (nSPS) is 21.4. The van der Waals surface area contributed by atoms with Crippen molar-refractivity contribution >= 4 is 17.5 Å². The fourth-order valence-electron chi connectivity index (χ4n) is 6.19. The third-order valence-corrected chi connectivity index (χ3v) is 9.32. The Morgan fingerprint density at radius 3 is 2.62 bits per heavy atom. The number of aliphatic hydroxyl groups is 1. The number of hydrogen-bond acceptors (Lipinski definition) is 5. The number of amides is 1. The van der Waals surface area contributed by atoms with Gasteiger partial charge in [0.2, 0.25) is 5.91 Å². The molecule has 2 aromatic rings. The summed E-state index contributed by atoms with van der Waals surface area (Å²) in [6.45, 7) is 11.8. The van der Waals surface area contributed by atoms with E-state index in [-0.39, 0.29) is 11.9 Å². The highest BCUT2D eigenvalue weighted by atomic mass is 35.5. The second kappa shape index (κ2) is 12.9. The van der Waals surface area contributed by atoms with Crippen LogP contribution in [0.5, 0.6) is 11.5 Å². The van der Waals surface area contributed by atoms with Crippen LogP contribution in [0.3, 0.4) is 0 Å². The molecule has 2 fully saturated rings. The number of ether oxygens (including phenoxy) is 2. The van der Waals surface area contributed by atoms with Gasteiger partial charge < -0.3 is 19.5 Å². The van der Waals surface area contributed by atoms with Crippen molar-refractivity contribution in [3.8, 4) is 11.5 Å². The van der Waals surface area contributed by atoms with Gasteiger partial charge in [-0.25, -0.2) is 0 Å². The van der Waals surface area contributed by atoms with E-state index in [0.717, 1.165) is 56.6 Å². The molecule has 0 spiro atoms. The first-order valence-corrected chi connectivity index (χ1v) is 14.9. The highest BCUT2D eigenvalue weighted by Crippen LogP contribution is 2.40. The minimum Gasteiger partial charge on any atom is -0.495 e. The van der Waals surface area contributed by atoms with Crippen molar-refractivity contribution in [2.45, 2.75) is 96.9 Å². The van der Waals surface area contributed by atoms with Crippen LogP contribution >= 0.6 is 11.6 Å². The monoisotopic (exact) mass is 556 g/mol. The molecule has 7 heteroatoms. The highest BCUT2D eigenvalue weighted by molar-refractivity contribution is 6.32. The molecule has 2 aliphatic heterocycles. The quantitative estimate of drug-likeness (QED) is 0.307. The van der Waals surface area contributed by atoms with E-state index in [0.29, 0.717) is 42.7 Å². The van der Waals surface area contributed by atoms with Gasteiger partial charge in [0.05, 0.1) is 24.3 Å². The molecule has 39 heavy (non-hydrogen) atoms. The molecular formula is C32H45ClN2O4. The Kier molecular flexibility index (Phi) is 9.84. The van der Waals surface area contributed by atoms with Crippen LogP contribution in [0.2, 0.25) is 5.02 Å². The average Bonchev–Trinajstić information content (AvgIpc) is 3.50. The van der Waals surface area contributed by atoms with Gasteiger partial charge in [-0.1, -0.05) is 30.7 Å². The molecule has 6 nitrogen and oxygen atoms in total. The van der Waals surface area contributed by atoms with Gasteiger partial charge >= 0.3 is 0 Å². The Labute approximate surface area is 239 Å². The number of benzene rings is 2. The molecule has 1 amide bonds. The van der Waals surface area contributed by atoms with E-state index >= 15 is 0 Å². The summed E-state index contributed by atoms with van der Waals surface area (Å²) in [5.74, 6) is 1.79. The maximum atomic E-state index is 11.8. The van der Waals surface area contributed by atoms with Crippen LogP contribution in [-0.4, -0.2) is 59.7 Å². The topological polar surface area (TPSA) is 62.2 Å². The van der Waals surface area contributed by atoms with Gasteiger partial charge in [-0.15, -0.1) is 0 Å². The van der Waals surface area contributed by atoms with Gasteiger partial charge in [-0.3, -0.25) is 9.69 Å². The Morgan fingerprint density at radius 1 is 1.13 bits per heavy atom. The number of methoxy groups -OCH3 is 1. The second-order valence-corrected chi connectivity index (χ2v) is 11.8. The minimum absolute atomic E-state index is 0.270. The van der Waals surface area contributed by atoms with Crippen LogP contribution in [0.15, 0.2) is 30.3 Å². The van der Waals surface area contributed by atoms with Crippen LogP contribution in [-0.2, 0) is 16.9 Å². The van der Waals surface area contributed by atoms with Crippen molar-refractivity contribution in [2.75, 3.05) is 26.8 Å². The zero-order valence-corrected chi connectivity index (χ0v) is 25.0. The van der Waals surface area contributed by atoms with Gasteiger partial charge in [0.25, 0.3) is 0 Å². The number of rotatable bonds is 12. The fourth-order valence-corrected chi connectivity index (χ4v) is 6.38. The van der Waals surface area contributed by atoms with Crippen LogP contribution in [0.25, 0.3) is 0 Å². The molecule has 0 aliphatic carbocycles. The zero-order valence-electron chi connectivity index (χ0n) is 24.3. The van der Waals surface area contributed by atoms with Gasteiger partial charge in [-0.05, 0) is 99.7 Å². The van der Waals surface area contributed by atoms with Gasteiger partial charge in [0.1, 0.15) is 11.5 Å². The summed E-state index contributed by atoms with van der Waals surface area (Å²) in [5.41, 5.74) is 3.63. The first-order valence-electron chi connectivity index (χ1n) is 14.5. The number of hydrogen-bond donors (Lipinski definition) is 1. The van der Waals surface area contributed by atoms with Crippen molar-refractivity contribution in [1.29, 1.82) is 0 Å². The molecule has 4 rings (SSSR count). The van der Waals surface area contributed by atoms with Crippen molar-refractivity contribution in [3.63, 3.8) is 0 Å². The van der Waals surface area contributed by atoms with E-state index in [4.69, 9.17) is 21.1 Å². The van der Waals surface area contributed by atoms with Crippen molar-refractivity contribution in [1.82, 2.24) is 9.80 Å². The Morgan fingerprint density at radius 2 is 1.92 bits per heavy atom. The van der Waals surface area contributed by atoms with Crippen LogP contribution in [0.1, 0.15) is 81.0 Å². The number of carbonyl (C=O) groups is 1. The van der Waals surface area contributed by atoms with E-state index in [1.54, 1.807) is 7.11 Å². The van der Waals surface area contributed by atoms with Gasteiger partial charge in [-0.2, -0.15) is 0 Å². The molecule has 0 bridgehead atoms. The van der Waals surface area contributed by atoms with E-state index in [1.807, 2.05) is 30.0 Å². The number of nitrogens with zero attached hydrogens (tertiary/aromatic N) is 2. The summed E-state index contributed by atoms with van der Waals surface area (Å²) in [6, 6.07) is 10.6. The molecule has 0 saturated carbocycles. The maximum absolute atomic E-state index is 11.8. The van der Waals surface area contributed by atoms with Crippen molar-refractivity contribution in [3.05, 3.63) is 57.6 Å². The second-order valence-electron chi connectivity index (χ2n) is 11.4. The van der Waals surface area contributed by atoms with Crippen molar-refractivity contribution < 1.29 is 19.4 Å². The Bertz CT molecular complexity index is 1160. The molecule has 2 aliphatic rings. The summed E-state index contributed by atoms with van der Waals surface area (Å²) in [6.07, 6.45) is 5.97.